The summed E-state index contributed by atoms with van der Waals surface area (Å²) in [5.74, 6) is -0.531. The minimum absolute atomic E-state index is 0.0243. The summed E-state index contributed by atoms with van der Waals surface area (Å²) in [5.41, 5.74) is 3.34. The Morgan fingerprint density at radius 2 is 2.07 bits per heavy atom. The zero-order chi connectivity index (χ0) is 13.8. The first-order valence-electron chi connectivity index (χ1n) is 6.17. The van der Waals surface area contributed by atoms with E-state index in [9.17, 15) is 0 Å². The van der Waals surface area contributed by atoms with Crippen molar-refractivity contribution in [3.8, 4) is 0 Å². The van der Waals surface area contributed by atoms with E-state index >= 15 is 0 Å². The molecular weight excluding hydrogens is 186 g/mol. The van der Waals surface area contributed by atoms with Gasteiger partial charge in [0, 0.05) is 1.37 Å². The van der Waals surface area contributed by atoms with Gasteiger partial charge in [-0.15, -0.1) is 0 Å². The Hall–Kier alpha value is -1.14. The normalized spacial score (nSPS) is 32.5. The topological polar surface area (TPSA) is 40.9 Å². The smallest absolute Gasteiger partial charge is 0.222 e. The van der Waals surface area contributed by atoms with Gasteiger partial charge >= 0.3 is 0 Å². The first kappa shape index (κ1) is 10.4. The molecule has 2 atom stereocenters. The Labute approximate surface area is 95.4 Å². The largest absolute Gasteiger partial charge is 0.231 e. The molecule has 1 aliphatic rings. The molecule has 0 amide bonds. The van der Waals surface area contributed by atoms with E-state index in [-0.39, 0.29) is 5.92 Å². The SMILES string of the molecule is N=C=O.[2H]C1=C(C)C(C)=C(C)C([2H])(CC)C1C. The third-order valence-corrected chi connectivity index (χ3v) is 2.94. The average molecular weight is 209 g/mol. The summed E-state index contributed by atoms with van der Waals surface area (Å²) in [6.07, 6.45) is 1.53. The predicted octanol–water partition coefficient (Wildman–Crippen LogP) is 3.85. The molecule has 0 aromatic heterocycles. The molecule has 2 heteroatoms. The first-order chi connectivity index (χ1) is 7.77. The van der Waals surface area contributed by atoms with Crippen molar-refractivity contribution in [2.24, 2.45) is 11.8 Å². The standard InChI is InChI=1S/C12H20.CHNO/c1-6-12-9(3)7-8(2)10(4)11(12)5;2-1-3/h7,9,12H,6H2,1-5H3;2H/i7D,12D;. The van der Waals surface area contributed by atoms with Gasteiger partial charge in [-0.2, -0.15) is 0 Å². The van der Waals surface area contributed by atoms with E-state index in [0.717, 1.165) is 29.2 Å². The minimum Gasteiger partial charge on any atom is -0.222 e. The molecule has 0 radical (unpaired) electrons. The second kappa shape index (κ2) is 6.36. The fourth-order valence-corrected chi connectivity index (χ4v) is 1.94. The number of nitrogens with one attached hydrogen (secondary N) is 1. The summed E-state index contributed by atoms with van der Waals surface area (Å²) in [7, 11) is 0. The van der Waals surface area contributed by atoms with Gasteiger partial charge in [-0.05, 0) is 44.6 Å². The van der Waals surface area contributed by atoms with E-state index in [2.05, 4.69) is 0 Å². The zero-order valence-corrected chi connectivity index (χ0v) is 10.2. The van der Waals surface area contributed by atoms with E-state index < -0.39 is 5.89 Å². The van der Waals surface area contributed by atoms with Crippen LogP contribution in [0, 0.1) is 17.2 Å². The fourth-order valence-electron chi connectivity index (χ4n) is 1.94. The summed E-state index contributed by atoms with van der Waals surface area (Å²) in [6, 6.07) is 0.643. The summed E-state index contributed by atoms with van der Waals surface area (Å²) < 4.78 is 16.4. The van der Waals surface area contributed by atoms with Crippen LogP contribution in [0.1, 0.15) is 43.8 Å². The van der Waals surface area contributed by atoms with E-state index in [1.807, 2.05) is 34.6 Å². The average Bonchev–Trinajstić information content (AvgIpc) is 2.32. The number of allylic oxidation sites excluding steroid dienone is 4. The van der Waals surface area contributed by atoms with Crippen LogP contribution in [0.2, 0.25) is 0 Å². The second-order valence-corrected chi connectivity index (χ2v) is 3.72. The molecular formula is C13H21NO. The molecule has 1 rings (SSSR count). The van der Waals surface area contributed by atoms with Crippen molar-refractivity contribution in [1.29, 1.82) is 5.41 Å². The van der Waals surface area contributed by atoms with E-state index in [4.69, 9.17) is 12.9 Å². The summed E-state index contributed by atoms with van der Waals surface area (Å²) in [5, 5.41) is 5.40. The molecule has 0 aliphatic heterocycles. The quantitative estimate of drug-likeness (QED) is 0.517. The van der Waals surface area contributed by atoms with Gasteiger partial charge in [-0.1, -0.05) is 31.0 Å². The van der Waals surface area contributed by atoms with Crippen LogP contribution in [-0.4, -0.2) is 6.08 Å². The van der Waals surface area contributed by atoms with Gasteiger partial charge in [0.2, 0.25) is 6.08 Å². The fraction of sp³-hybridized carbons (Fsp3) is 0.615. The molecule has 0 heterocycles. The molecule has 84 valence electrons. The number of hydrogen-bond acceptors (Lipinski definition) is 2. The van der Waals surface area contributed by atoms with Crippen molar-refractivity contribution in [1.82, 2.24) is 0 Å². The number of isocyanates is 1. The molecule has 0 bridgehead atoms. The lowest BCUT2D eigenvalue weighted by atomic mass is 9.77. The van der Waals surface area contributed by atoms with Gasteiger partial charge < -0.3 is 0 Å². The minimum atomic E-state index is -0.555. The Balaban J connectivity index is 0.000000770. The van der Waals surface area contributed by atoms with Crippen molar-refractivity contribution in [2.75, 3.05) is 0 Å². The van der Waals surface area contributed by atoms with Gasteiger partial charge in [0.05, 0.1) is 1.37 Å². The highest BCUT2D eigenvalue weighted by atomic mass is 16.1. The summed E-state index contributed by atoms with van der Waals surface area (Å²) >= 11 is 0. The number of carbonyl (C=O) groups excluding carboxylic acids is 1. The second-order valence-electron chi connectivity index (χ2n) is 3.72. The predicted molar refractivity (Wildman–Crippen MR) is 63.5 cm³/mol. The van der Waals surface area contributed by atoms with Gasteiger partial charge in [0.15, 0.2) is 0 Å². The van der Waals surface area contributed by atoms with Crippen molar-refractivity contribution in [3.05, 3.63) is 22.8 Å². The van der Waals surface area contributed by atoms with Crippen LogP contribution in [0.3, 0.4) is 0 Å². The third kappa shape index (κ3) is 3.49. The maximum atomic E-state index is 8.42. The molecule has 0 saturated carbocycles. The Morgan fingerprint density at radius 1 is 1.60 bits per heavy atom. The van der Waals surface area contributed by atoms with Gasteiger partial charge in [-0.25, -0.2) is 10.2 Å². The highest BCUT2D eigenvalue weighted by molar-refractivity contribution is 5.37. The Morgan fingerprint density at radius 3 is 2.47 bits per heavy atom. The van der Waals surface area contributed by atoms with Crippen molar-refractivity contribution >= 4 is 6.08 Å². The monoisotopic (exact) mass is 209 g/mol. The molecule has 2 nitrogen and oxygen atoms in total. The molecule has 0 spiro atoms. The van der Waals surface area contributed by atoms with Crippen LogP contribution < -0.4 is 0 Å². The molecule has 0 aromatic carbocycles. The summed E-state index contributed by atoms with van der Waals surface area (Å²) in [6.45, 7) is 10.1. The molecule has 1 aliphatic carbocycles. The number of hydrogen-bond donors (Lipinski definition) is 1. The van der Waals surface area contributed by atoms with Crippen LogP contribution in [0.25, 0.3) is 0 Å². The van der Waals surface area contributed by atoms with Crippen LogP contribution in [-0.2, 0) is 4.79 Å². The molecule has 0 aromatic rings. The molecule has 15 heavy (non-hydrogen) atoms. The lowest BCUT2D eigenvalue weighted by molar-refractivity contribution is 0.458. The van der Waals surface area contributed by atoms with Crippen LogP contribution >= 0.6 is 0 Å². The maximum absolute atomic E-state index is 8.42. The molecule has 0 fully saturated rings. The zero-order valence-electron chi connectivity index (χ0n) is 12.2. The van der Waals surface area contributed by atoms with Gasteiger partial charge in [0.1, 0.15) is 0 Å². The maximum Gasteiger partial charge on any atom is 0.231 e. The first-order valence-corrected chi connectivity index (χ1v) is 5.17. The third-order valence-electron chi connectivity index (χ3n) is 2.94. The molecule has 0 saturated heterocycles. The van der Waals surface area contributed by atoms with Crippen molar-refractivity contribution in [2.45, 2.75) is 41.0 Å². The Kier molecular flexibility index (Phi) is 4.40. The van der Waals surface area contributed by atoms with Crippen LogP contribution in [0.4, 0.5) is 0 Å². The Bertz CT molecular complexity index is 392. The highest BCUT2D eigenvalue weighted by Gasteiger charge is 2.21. The summed E-state index contributed by atoms with van der Waals surface area (Å²) in [4.78, 5) is 8.35. The van der Waals surface area contributed by atoms with Crippen molar-refractivity contribution in [3.63, 3.8) is 0 Å². The molecule has 1 N–H and O–H groups in total. The van der Waals surface area contributed by atoms with E-state index in [1.165, 1.54) is 0 Å². The number of rotatable bonds is 1. The van der Waals surface area contributed by atoms with Crippen molar-refractivity contribution < 1.29 is 7.54 Å². The van der Waals surface area contributed by atoms with E-state index in [1.54, 1.807) is 0 Å². The van der Waals surface area contributed by atoms with E-state index in [0.29, 0.717) is 6.05 Å². The van der Waals surface area contributed by atoms with Gasteiger partial charge in [0.25, 0.3) is 0 Å². The lowest BCUT2D eigenvalue weighted by Crippen LogP contribution is -2.16. The highest BCUT2D eigenvalue weighted by Crippen LogP contribution is 2.34. The van der Waals surface area contributed by atoms with Gasteiger partial charge in [-0.3, -0.25) is 0 Å². The molecule has 2 unspecified atom stereocenters. The van der Waals surface area contributed by atoms with Crippen LogP contribution in [0.5, 0.6) is 0 Å². The van der Waals surface area contributed by atoms with Crippen LogP contribution in [0.15, 0.2) is 22.8 Å². The lowest BCUT2D eigenvalue weighted by Gasteiger charge is -2.28.